The summed E-state index contributed by atoms with van der Waals surface area (Å²) in [5.41, 5.74) is 2.88. The predicted molar refractivity (Wildman–Crippen MR) is 136 cm³/mol. The summed E-state index contributed by atoms with van der Waals surface area (Å²) in [5, 5.41) is 10.4. The number of ether oxygens (including phenoxy) is 2. The topological polar surface area (TPSA) is 59.0 Å². The molecule has 1 fully saturated rings. The fraction of sp³-hybridized carbons (Fsp3) is 0.296. The van der Waals surface area contributed by atoms with Gasteiger partial charge in [0.1, 0.15) is 6.61 Å². The number of carbonyl (C=O) groups excluding carboxylic acids is 1. The average Bonchev–Trinajstić information content (AvgIpc) is 2.86. The van der Waals surface area contributed by atoms with E-state index in [2.05, 4.69) is 22.6 Å². The monoisotopic (exact) mass is 557 g/mol. The first-order chi connectivity index (χ1) is 16.1. The van der Waals surface area contributed by atoms with Crippen molar-refractivity contribution in [2.45, 2.75) is 48.4 Å². The van der Waals surface area contributed by atoms with Gasteiger partial charge in [0.25, 0.3) is 0 Å². The third kappa shape index (κ3) is 6.34. The Kier molecular flexibility index (Phi) is 8.36. The number of hydrogen-bond donors (Lipinski definition) is 1. The first-order valence-electron chi connectivity index (χ1n) is 11.2. The van der Waals surface area contributed by atoms with Gasteiger partial charge in [-0.3, -0.25) is 4.90 Å². The molecule has 1 amide bonds. The number of hydrogen-bond acceptors (Lipinski definition) is 4. The summed E-state index contributed by atoms with van der Waals surface area (Å²) in [6.07, 6.45) is -0.0720. The van der Waals surface area contributed by atoms with Gasteiger partial charge < -0.3 is 14.6 Å². The Bertz CT molecular complexity index is 1000. The molecule has 5 nitrogen and oxygen atoms in total. The number of aliphatic hydroxyl groups is 1. The average molecular weight is 557 g/mol. The number of amides is 1. The van der Waals surface area contributed by atoms with Crippen molar-refractivity contribution in [3.8, 4) is 0 Å². The van der Waals surface area contributed by atoms with Gasteiger partial charge in [0.2, 0.25) is 0 Å². The standard InChI is InChI=1S/C27H28INO4/c28-23-16-17-24(33-26(23)30)25(22-14-8-3-9-15-22)29(18-20-10-4-1-5-11-20)27(31)32-19-21-12-6-2-7-13-21/h1-15,23-26,30H,16-19H2/t23?,24-,25?,26?/m0/s1. The van der Waals surface area contributed by atoms with Gasteiger partial charge in [0.05, 0.1) is 16.1 Å². The smallest absolute Gasteiger partial charge is 0.411 e. The maximum absolute atomic E-state index is 13.5. The normalized spacial score (nSPS) is 21.2. The molecule has 1 N–H and O–H groups in total. The van der Waals surface area contributed by atoms with Crippen LogP contribution in [0.15, 0.2) is 91.0 Å². The summed E-state index contributed by atoms with van der Waals surface area (Å²) in [6.45, 7) is 0.564. The van der Waals surface area contributed by atoms with E-state index in [1.54, 1.807) is 4.90 Å². The fourth-order valence-electron chi connectivity index (χ4n) is 4.14. The molecular weight excluding hydrogens is 529 g/mol. The van der Waals surface area contributed by atoms with E-state index in [4.69, 9.17) is 9.47 Å². The molecule has 3 aromatic carbocycles. The summed E-state index contributed by atoms with van der Waals surface area (Å²) in [7, 11) is 0. The lowest BCUT2D eigenvalue weighted by molar-refractivity contribution is -0.174. The summed E-state index contributed by atoms with van der Waals surface area (Å²) >= 11 is 2.22. The number of aliphatic hydroxyl groups excluding tert-OH is 1. The number of benzene rings is 3. The van der Waals surface area contributed by atoms with E-state index in [0.29, 0.717) is 6.54 Å². The highest BCUT2D eigenvalue weighted by Crippen LogP contribution is 2.36. The van der Waals surface area contributed by atoms with Crippen LogP contribution >= 0.6 is 22.6 Å². The Morgan fingerprint density at radius 1 is 0.939 bits per heavy atom. The minimum absolute atomic E-state index is 0.0304. The second kappa shape index (κ2) is 11.6. The molecule has 4 atom stereocenters. The van der Waals surface area contributed by atoms with E-state index in [0.717, 1.165) is 29.5 Å². The molecule has 0 bridgehead atoms. The van der Waals surface area contributed by atoms with Crippen molar-refractivity contribution in [3.63, 3.8) is 0 Å². The Morgan fingerprint density at radius 2 is 1.52 bits per heavy atom. The zero-order chi connectivity index (χ0) is 23.0. The molecule has 1 saturated heterocycles. The van der Waals surface area contributed by atoms with Crippen molar-refractivity contribution < 1.29 is 19.4 Å². The molecule has 0 radical (unpaired) electrons. The minimum atomic E-state index is -0.866. The third-order valence-corrected chi connectivity index (χ3v) is 7.05. The van der Waals surface area contributed by atoms with Crippen molar-refractivity contribution in [1.82, 2.24) is 4.90 Å². The van der Waals surface area contributed by atoms with Crippen LogP contribution in [0.25, 0.3) is 0 Å². The van der Waals surface area contributed by atoms with Gasteiger partial charge in [-0.25, -0.2) is 4.79 Å². The summed E-state index contributed by atoms with van der Waals surface area (Å²) in [4.78, 5) is 15.2. The highest BCUT2D eigenvalue weighted by Gasteiger charge is 2.39. The SMILES string of the molecule is O=C(OCc1ccccc1)N(Cc1ccccc1)C(c1ccccc1)[C@@H]1CCC(I)C(O)O1. The molecule has 33 heavy (non-hydrogen) atoms. The molecule has 0 spiro atoms. The summed E-state index contributed by atoms with van der Waals surface area (Å²) < 4.78 is 11.8. The highest BCUT2D eigenvalue weighted by molar-refractivity contribution is 14.1. The van der Waals surface area contributed by atoms with Gasteiger partial charge in [-0.15, -0.1) is 0 Å². The minimum Gasteiger partial charge on any atom is -0.445 e. The van der Waals surface area contributed by atoms with E-state index in [-0.39, 0.29) is 16.6 Å². The van der Waals surface area contributed by atoms with Gasteiger partial charge in [0, 0.05) is 6.54 Å². The Hall–Kier alpha value is -2.42. The Morgan fingerprint density at radius 3 is 2.12 bits per heavy atom. The lowest BCUT2D eigenvalue weighted by Gasteiger charge is -2.40. The van der Waals surface area contributed by atoms with Gasteiger partial charge in [-0.2, -0.15) is 0 Å². The molecule has 1 heterocycles. The molecule has 0 saturated carbocycles. The molecule has 3 aromatic rings. The molecule has 1 aliphatic heterocycles. The zero-order valence-corrected chi connectivity index (χ0v) is 20.5. The number of nitrogens with zero attached hydrogens (tertiary/aromatic N) is 1. The van der Waals surface area contributed by atoms with Gasteiger partial charge >= 0.3 is 6.09 Å². The quantitative estimate of drug-likeness (QED) is 0.292. The molecule has 6 heteroatoms. The predicted octanol–water partition coefficient (Wildman–Crippen LogP) is 5.87. The molecule has 172 valence electrons. The molecule has 1 aliphatic rings. The van der Waals surface area contributed by atoms with Crippen molar-refractivity contribution in [2.75, 3.05) is 0 Å². The lowest BCUT2D eigenvalue weighted by atomic mass is 9.93. The summed E-state index contributed by atoms with van der Waals surface area (Å²) in [5.74, 6) is 0. The van der Waals surface area contributed by atoms with E-state index in [1.807, 2.05) is 91.0 Å². The van der Waals surface area contributed by atoms with Crippen LogP contribution in [0.3, 0.4) is 0 Å². The number of carbonyl (C=O) groups is 1. The number of halogens is 1. The van der Waals surface area contributed by atoms with E-state index < -0.39 is 18.4 Å². The van der Waals surface area contributed by atoms with Crippen molar-refractivity contribution in [3.05, 3.63) is 108 Å². The van der Waals surface area contributed by atoms with Gasteiger partial charge in [-0.1, -0.05) is 114 Å². The van der Waals surface area contributed by atoms with Crippen LogP contribution in [-0.4, -0.2) is 32.4 Å². The van der Waals surface area contributed by atoms with Crippen molar-refractivity contribution in [2.24, 2.45) is 0 Å². The Balaban J connectivity index is 1.65. The molecule has 0 aliphatic carbocycles. The highest BCUT2D eigenvalue weighted by atomic mass is 127. The lowest BCUT2D eigenvalue weighted by Crippen LogP contribution is -2.46. The summed E-state index contributed by atoms with van der Waals surface area (Å²) in [6, 6.07) is 29.0. The molecule has 3 unspecified atom stereocenters. The molecule has 0 aromatic heterocycles. The number of rotatable bonds is 7. The van der Waals surface area contributed by atoms with Crippen molar-refractivity contribution in [1.29, 1.82) is 0 Å². The second-order valence-electron chi connectivity index (χ2n) is 8.17. The maximum Gasteiger partial charge on any atom is 0.411 e. The molecular formula is C27H28INO4. The van der Waals surface area contributed by atoms with Crippen LogP contribution < -0.4 is 0 Å². The van der Waals surface area contributed by atoms with Crippen LogP contribution in [0.2, 0.25) is 0 Å². The number of alkyl halides is 1. The van der Waals surface area contributed by atoms with E-state index in [9.17, 15) is 9.90 Å². The van der Waals surface area contributed by atoms with Gasteiger partial charge in [-0.05, 0) is 29.5 Å². The van der Waals surface area contributed by atoms with Crippen LogP contribution in [0, 0.1) is 0 Å². The third-order valence-electron chi connectivity index (χ3n) is 5.82. The van der Waals surface area contributed by atoms with Crippen LogP contribution in [0.1, 0.15) is 35.6 Å². The largest absolute Gasteiger partial charge is 0.445 e. The van der Waals surface area contributed by atoms with Gasteiger partial charge in [0.15, 0.2) is 6.29 Å². The second-order valence-corrected chi connectivity index (χ2v) is 9.77. The van der Waals surface area contributed by atoms with Crippen molar-refractivity contribution >= 4 is 28.7 Å². The fourth-order valence-corrected chi connectivity index (χ4v) is 4.66. The zero-order valence-electron chi connectivity index (χ0n) is 18.3. The Labute approximate surface area is 208 Å². The molecule has 4 rings (SSSR count). The first-order valence-corrected chi connectivity index (χ1v) is 12.4. The maximum atomic E-state index is 13.5. The van der Waals surface area contributed by atoms with Crippen LogP contribution in [0.5, 0.6) is 0 Å². The van der Waals surface area contributed by atoms with Crippen LogP contribution in [-0.2, 0) is 22.6 Å². The van der Waals surface area contributed by atoms with E-state index in [1.165, 1.54) is 0 Å². The van der Waals surface area contributed by atoms with Crippen LogP contribution in [0.4, 0.5) is 4.79 Å². The van der Waals surface area contributed by atoms with E-state index >= 15 is 0 Å². The first kappa shape index (κ1) is 23.7.